The molecule has 1 aliphatic heterocycles. The van der Waals surface area contributed by atoms with Crippen LogP contribution >= 0.6 is 11.3 Å². The number of ether oxygens (including phenoxy) is 1. The minimum atomic E-state index is 0.788. The summed E-state index contributed by atoms with van der Waals surface area (Å²) in [6, 6.07) is 8.44. The van der Waals surface area contributed by atoms with Crippen molar-refractivity contribution in [2.24, 2.45) is 0 Å². The van der Waals surface area contributed by atoms with Crippen molar-refractivity contribution in [1.29, 1.82) is 0 Å². The zero-order valence-corrected chi connectivity index (χ0v) is 12.4. The molecule has 0 aliphatic carbocycles. The molecule has 1 fully saturated rings. The number of nitrogens with zero attached hydrogens (tertiary/aromatic N) is 2. The first-order valence-corrected chi connectivity index (χ1v) is 7.71. The lowest BCUT2D eigenvalue weighted by Crippen LogP contribution is -2.45. The Kier molecular flexibility index (Phi) is 4.42. The van der Waals surface area contributed by atoms with E-state index in [0.717, 1.165) is 37.9 Å². The molecule has 0 bridgehead atoms. The van der Waals surface area contributed by atoms with E-state index in [-0.39, 0.29) is 0 Å². The zero-order chi connectivity index (χ0) is 13.8. The largest absolute Gasteiger partial charge is 0.379 e. The van der Waals surface area contributed by atoms with Gasteiger partial charge in [0.2, 0.25) is 0 Å². The standard InChI is InChI=1S/C15H19N3OS/c1-12-4-2-3-5-13(12)14-10-16-15(20-14)11-17-18-6-8-19-9-7-18/h2-5,10,17H,6-9,11H2,1H3. The van der Waals surface area contributed by atoms with Gasteiger partial charge in [0.1, 0.15) is 5.01 Å². The first-order chi connectivity index (χ1) is 9.83. The fourth-order valence-electron chi connectivity index (χ4n) is 2.27. The molecule has 2 heterocycles. The van der Waals surface area contributed by atoms with Crippen molar-refractivity contribution < 1.29 is 4.74 Å². The van der Waals surface area contributed by atoms with Gasteiger partial charge in [-0.25, -0.2) is 15.4 Å². The maximum Gasteiger partial charge on any atom is 0.108 e. The molecule has 2 aromatic rings. The fourth-order valence-corrected chi connectivity index (χ4v) is 3.21. The molecule has 0 radical (unpaired) electrons. The van der Waals surface area contributed by atoms with E-state index in [1.54, 1.807) is 11.3 Å². The molecule has 0 atom stereocenters. The van der Waals surface area contributed by atoms with E-state index in [1.807, 2.05) is 6.20 Å². The Morgan fingerprint density at radius 3 is 2.90 bits per heavy atom. The number of morpholine rings is 1. The molecule has 1 saturated heterocycles. The van der Waals surface area contributed by atoms with E-state index in [9.17, 15) is 0 Å². The van der Waals surface area contributed by atoms with Crippen molar-refractivity contribution in [1.82, 2.24) is 15.4 Å². The maximum absolute atomic E-state index is 5.33. The lowest BCUT2D eigenvalue weighted by molar-refractivity contribution is 0.0105. The van der Waals surface area contributed by atoms with Crippen molar-refractivity contribution in [2.75, 3.05) is 26.3 Å². The predicted molar refractivity (Wildman–Crippen MR) is 81.5 cm³/mol. The zero-order valence-electron chi connectivity index (χ0n) is 11.6. The van der Waals surface area contributed by atoms with Gasteiger partial charge in [0.05, 0.1) is 24.6 Å². The van der Waals surface area contributed by atoms with Gasteiger partial charge in [-0.05, 0) is 18.1 Å². The minimum Gasteiger partial charge on any atom is -0.379 e. The van der Waals surface area contributed by atoms with Crippen LogP contribution in [0.15, 0.2) is 30.5 Å². The van der Waals surface area contributed by atoms with Crippen LogP contribution in [0.3, 0.4) is 0 Å². The molecule has 5 heteroatoms. The normalized spacial score (nSPS) is 16.4. The number of aromatic nitrogens is 1. The number of hydrogen-bond donors (Lipinski definition) is 1. The Labute approximate surface area is 123 Å². The number of benzene rings is 1. The summed E-state index contributed by atoms with van der Waals surface area (Å²) in [5, 5.41) is 3.33. The second kappa shape index (κ2) is 6.45. The SMILES string of the molecule is Cc1ccccc1-c1cnc(CNN2CCOCC2)s1. The van der Waals surface area contributed by atoms with Crippen molar-refractivity contribution in [3.05, 3.63) is 41.0 Å². The molecule has 0 amide bonds. The smallest absolute Gasteiger partial charge is 0.108 e. The Balaban J connectivity index is 1.63. The molecule has 0 unspecified atom stereocenters. The molecule has 1 aliphatic rings. The van der Waals surface area contributed by atoms with Crippen molar-refractivity contribution in [3.63, 3.8) is 0 Å². The van der Waals surface area contributed by atoms with Crippen LogP contribution in [0, 0.1) is 6.92 Å². The Morgan fingerprint density at radius 1 is 1.30 bits per heavy atom. The lowest BCUT2D eigenvalue weighted by atomic mass is 10.1. The Bertz CT molecular complexity index is 564. The van der Waals surface area contributed by atoms with Gasteiger partial charge in [-0.2, -0.15) is 0 Å². The summed E-state index contributed by atoms with van der Waals surface area (Å²) in [5.74, 6) is 0. The molecule has 20 heavy (non-hydrogen) atoms. The lowest BCUT2D eigenvalue weighted by Gasteiger charge is -2.26. The summed E-state index contributed by atoms with van der Waals surface area (Å²) in [7, 11) is 0. The van der Waals surface area contributed by atoms with Crippen LogP contribution in [-0.2, 0) is 11.3 Å². The molecular weight excluding hydrogens is 270 g/mol. The number of rotatable bonds is 4. The van der Waals surface area contributed by atoms with Crippen LogP contribution in [0.25, 0.3) is 10.4 Å². The minimum absolute atomic E-state index is 0.788. The Hall–Kier alpha value is -1.27. The van der Waals surface area contributed by atoms with Crippen LogP contribution in [0.1, 0.15) is 10.6 Å². The van der Waals surface area contributed by atoms with Crippen LogP contribution in [0.4, 0.5) is 0 Å². The monoisotopic (exact) mass is 289 g/mol. The van der Waals surface area contributed by atoms with Crippen LogP contribution in [0.5, 0.6) is 0 Å². The van der Waals surface area contributed by atoms with Crippen LogP contribution in [0.2, 0.25) is 0 Å². The van der Waals surface area contributed by atoms with Gasteiger partial charge in [0.15, 0.2) is 0 Å². The average Bonchev–Trinajstić information content (AvgIpc) is 2.95. The van der Waals surface area contributed by atoms with E-state index in [2.05, 4.69) is 46.6 Å². The van der Waals surface area contributed by atoms with E-state index >= 15 is 0 Å². The molecule has 4 nitrogen and oxygen atoms in total. The molecule has 106 valence electrons. The highest BCUT2D eigenvalue weighted by atomic mass is 32.1. The van der Waals surface area contributed by atoms with Gasteiger partial charge < -0.3 is 4.74 Å². The number of thiazole rings is 1. The highest BCUT2D eigenvalue weighted by Gasteiger charge is 2.11. The highest BCUT2D eigenvalue weighted by molar-refractivity contribution is 7.15. The third-order valence-electron chi connectivity index (χ3n) is 3.43. The molecule has 1 N–H and O–H groups in total. The molecule has 0 spiro atoms. The Morgan fingerprint density at radius 2 is 2.10 bits per heavy atom. The van der Waals surface area contributed by atoms with Crippen molar-refractivity contribution >= 4 is 11.3 Å². The molecule has 0 saturated carbocycles. The van der Waals surface area contributed by atoms with Gasteiger partial charge >= 0.3 is 0 Å². The summed E-state index contributed by atoms with van der Waals surface area (Å²) in [5.41, 5.74) is 5.99. The van der Waals surface area contributed by atoms with Gasteiger partial charge in [-0.3, -0.25) is 0 Å². The second-order valence-electron chi connectivity index (χ2n) is 4.87. The summed E-state index contributed by atoms with van der Waals surface area (Å²) in [4.78, 5) is 5.75. The fraction of sp³-hybridized carbons (Fsp3) is 0.400. The van der Waals surface area contributed by atoms with Gasteiger partial charge in [-0.15, -0.1) is 11.3 Å². The topological polar surface area (TPSA) is 37.4 Å². The quantitative estimate of drug-likeness (QED) is 0.938. The van der Waals surface area contributed by atoms with E-state index < -0.39 is 0 Å². The molecular formula is C15H19N3OS. The first kappa shape index (κ1) is 13.7. The molecule has 3 rings (SSSR count). The van der Waals surface area contributed by atoms with Gasteiger partial charge in [-0.1, -0.05) is 24.3 Å². The summed E-state index contributed by atoms with van der Waals surface area (Å²) >= 11 is 1.76. The number of aryl methyl sites for hydroxylation is 1. The number of hydrogen-bond acceptors (Lipinski definition) is 5. The van der Waals surface area contributed by atoms with E-state index in [1.165, 1.54) is 16.0 Å². The van der Waals surface area contributed by atoms with Crippen molar-refractivity contribution in [3.8, 4) is 10.4 Å². The van der Waals surface area contributed by atoms with Crippen LogP contribution < -0.4 is 5.43 Å². The first-order valence-electron chi connectivity index (χ1n) is 6.90. The van der Waals surface area contributed by atoms with E-state index in [4.69, 9.17) is 4.74 Å². The summed E-state index contributed by atoms with van der Waals surface area (Å²) in [6.45, 7) is 6.42. The molecule has 1 aromatic carbocycles. The molecule has 1 aromatic heterocycles. The van der Waals surface area contributed by atoms with Gasteiger partial charge in [0.25, 0.3) is 0 Å². The third kappa shape index (κ3) is 3.24. The number of hydrazine groups is 1. The summed E-state index contributed by atoms with van der Waals surface area (Å²) in [6.07, 6.45) is 1.98. The van der Waals surface area contributed by atoms with Crippen molar-refractivity contribution in [2.45, 2.75) is 13.5 Å². The third-order valence-corrected chi connectivity index (χ3v) is 4.46. The maximum atomic E-state index is 5.33. The number of nitrogens with one attached hydrogen (secondary N) is 1. The highest BCUT2D eigenvalue weighted by Crippen LogP contribution is 2.28. The average molecular weight is 289 g/mol. The van der Waals surface area contributed by atoms with E-state index in [0.29, 0.717) is 0 Å². The summed E-state index contributed by atoms with van der Waals surface area (Å²) < 4.78 is 5.33. The van der Waals surface area contributed by atoms with Gasteiger partial charge in [0, 0.05) is 19.3 Å². The predicted octanol–water partition coefficient (Wildman–Crippen LogP) is 2.46. The van der Waals surface area contributed by atoms with Crippen LogP contribution in [-0.4, -0.2) is 36.3 Å². The second-order valence-corrected chi connectivity index (χ2v) is 5.98.